The lowest BCUT2D eigenvalue weighted by Gasteiger charge is -2.34. The fourth-order valence-corrected chi connectivity index (χ4v) is 2.59. The fraction of sp³-hybridized carbons (Fsp3) is 0.429. The van der Waals surface area contributed by atoms with Crippen LogP contribution in [0.1, 0.15) is 23.7 Å². The number of carboxylic acid groups (broad SMARTS) is 1. The second-order valence-corrected chi connectivity index (χ2v) is 6.12. The summed E-state index contributed by atoms with van der Waals surface area (Å²) in [5.74, 6) is -0.949. The number of amides is 2. The van der Waals surface area contributed by atoms with Crippen molar-refractivity contribution in [2.75, 3.05) is 18.4 Å². The molecule has 21 heavy (non-hydrogen) atoms. The number of halogens is 1. The molecular formula is C14H17BrN2O4. The van der Waals surface area contributed by atoms with Crippen molar-refractivity contribution in [2.24, 2.45) is 5.92 Å². The Bertz CT molecular complexity index is 564. The number of piperidine rings is 1. The largest absolute Gasteiger partial charge is 0.478 e. The predicted molar refractivity (Wildman–Crippen MR) is 81.5 cm³/mol. The summed E-state index contributed by atoms with van der Waals surface area (Å²) in [6, 6.07) is 4.24. The molecule has 2 atom stereocenters. The zero-order valence-corrected chi connectivity index (χ0v) is 13.1. The molecule has 1 fully saturated rings. The molecule has 0 aromatic heterocycles. The molecule has 6 nitrogen and oxygen atoms in total. The molecule has 0 spiro atoms. The number of aliphatic hydroxyl groups is 1. The second-order valence-electron chi connectivity index (χ2n) is 5.20. The number of likely N-dealkylation sites (tertiary alicyclic amines) is 1. The minimum Gasteiger partial charge on any atom is -0.478 e. The topological polar surface area (TPSA) is 89.9 Å². The van der Waals surface area contributed by atoms with Crippen LogP contribution in [0.4, 0.5) is 10.5 Å². The van der Waals surface area contributed by atoms with Gasteiger partial charge in [0.15, 0.2) is 0 Å². The lowest BCUT2D eigenvalue weighted by Crippen LogP contribution is -2.47. The highest BCUT2D eigenvalue weighted by atomic mass is 79.9. The third-order valence-electron chi connectivity index (χ3n) is 3.66. The van der Waals surface area contributed by atoms with Gasteiger partial charge in [-0.05, 0) is 30.5 Å². The molecule has 1 saturated heterocycles. The van der Waals surface area contributed by atoms with E-state index in [0.29, 0.717) is 11.0 Å². The number of anilines is 1. The van der Waals surface area contributed by atoms with E-state index < -0.39 is 18.1 Å². The van der Waals surface area contributed by atoms with Crippen molar-refractivity contribution >= 4 is 33.6 Å². The van der Waals surface area contributed by atoms with Crippen LogP contribution in [0, 0.1) is 5.92 Å². The third kappa shape index (κ3) is 3.74. The summed E-state index contributed by atoms with van der Waals surface area (Å²) in [4.78, 5) is 24.9. The van der Waals surface area contributed by atoms with Crippen LogP contribution in [0.5, 0.6) is 0 Å². The van der Waals surface area contributed by atoms with Gasteiger partial charge >= 0.3 is 12.0 Å². The first-order valence-corrected chi connectivity index (χ1v) is 7.44. The summed E-state index contributed by atoms with van der Waals surface area (Å²) in [6.45, 7) is 2.74. The van der Waals surface area contributed by atoms with Gasteiger partial charge in [0.2, 0.25) is 0 Å². The molecule has 114 valence electrons. The van der Waals surface area contributed by atoms with E-state index >= 15 is 0 Å². The number of rotatable bonds is 2. The molecule has 1 heterocycles. The van der Waals surface area contributed by atoms with Gasteiger partial charge in [0.25, 0.3) is 0 Å². The molecule has 0 saturated carbocycles. The van der Waals surface area contributed by atoms with Crippen LogP contribution in [0.3, 0.4) is 0 Å². The van der Waals surface area contributed by atoms with E-state index in [1.54, 1.807) is 6.07 Å². The molecule has 0 radical (unpaired) electrons. The van der Waals surface area contributed by atoms with Crippen LogP contribution in [-0.2, 0) is 0 Å². The number of nitrogens with one attached hydrogen (secondary N) is 1. The molecule has 0 aliphatic carbocycles. The van der Waals surface area contributed by atoms with Crippen molar-refractivity contribution in [3.63, 3.8) is 0 Å². The van der Waals surface area contributed by atoms with Gasteiger partial charge in [-0.1, -0.05) is 22.9 Å². The smallest absolute Gasteiger partial charge is 0.337 e. The zero-order chi connectivity index (χ0) is 15.6. The summed E-state index contributed by atoms with van der Waals surface area (Å²) >= 11 is 3.20. The fourth-order valence-electron chi connectivity index (χ4n) is 2.23. The SMILES string of the molecule is CC1CCN(C(=O)Nc2ccc(Br)cc2C(=O)O)CC1O. The quantitative estimate of drug-likeness (QED) is 0.758. The van der Waals surface area contributed by atoms with Gasteiger partial charge in [0.1, 0.15) is 0 Å². The number of urea groups is 1. The number of benzene rings is 1. The predicted octanol–water partition coefficient (Wildman–Crippen LogP) is 2.38. The van der Waals surface area contributed by atoms with Crippen LogP contribution >= 0.6 is 15.9 Å². The van der Waals surface area contributed by atoms with Crippen molar-refractivity contribution in [3.8, 4) is 0 Å². The average molecular weight is 357 g/mol. The Balaban J connectivity index is 2.11. The van der Waals surface area contributed by atoms with Gasteiger partial charge in [-0.25, -0.2) is 9.59 Å². The Morgan fingerprint density at radius 1 is 1.43 bits per heavy atom. The third-order valence-corrected chi connectivity index (χ3v) is 4.15. The molecule has 2 amide bonds. The molecule has 1 aliphatic heterocycles. The molecule has 0 bridgehead atoms. The number of carboxylic acids is 1. The highest BCUT2D eigenvalue weighted by Gasteiger charge is 2.27. The van der Waals surface area contributed by atoms with Crippen LogP contribution in [0.25, 0.3) is 0 Å². The maximum absolute atomic E-state index is 12.2. The van der Waals surface area contributed by atoms with E-state index in [-0.39, 0.29) is 23.7 Å². The number of nitrogens with zero attached hydrogens (tertiary/aromatic N) is 1. The molecule has 2 rings (SSSR count). The maximum atomic E-state index is 12.2. The standard InChI is InChI=1S/C14H17BrN2O4/c1-8-4-5-17(7-12(8)18)14(21)16-11-3-2-9(15)6-10(11)13(19)20/h2-3,6,8,12,18H,4-5,7H2,1H3,(H,16,21)(H,19,20). The Hall–Kier alpha value is -1.60. The van der Waals surface area contributed by atoms with Crippen molar-refractivity contribution in [3.05, 3.63) is 28.2 Å². The number of β-amino-alcohol motifs (C(OH)–C–C–N with tert-alkyl or cyclic N) is 1. The van der Waals surface area contributed by atoms with Crippen molar-refractivity contribution < 1.29 is 19.8 Å². The lowest BCUT2D eigenvalue weighted by atomic mass is 9.96. The summed E-state index contributed by atoms with van der Waals surface area (Å²) < 4.78 is 0.625. The molecule has 2 unspecified atom stereocenters. The van der Waals surface area contributed by atoms with Crippen LogP contribution < -0.4 is 5.32 Å². The van der Waals surface area contributed by atoms with Crippen molar-refractivity contribution in [1.29, 1.82) is 0 Å². The number of hydrogen-bond acceptors (Lipinski definition) is 3. The van der Waals surface area contributed by atoms with Crippen LogP contribution in [0.2, 0.25) is 0 Å². The molecule has 7 heteroatoms. The van der Waals surface area contributed by atoms with Crippen molar-refractivity contribution in [2.45, 2.75) is 19.4 Å². The number of hydrogen-bond donors (Lipinski definition) is 3. The zero-order valence-electron chi connectivity index (χ0n) is 11.5. The highest BCUT2D eigenvalue weighted by Crippen LogP contribution is 2.23. The normalized spacial score (nSPS) is 22.0. The first-order chi connectivity index (χ1) is 9.88. The molecule has 1 aromatic carbocycles. The first-order valence-electron chi connectivity index (χ1n) is 6.65. The molecular weight excluding hydrogens is 340 g/mol. The first kappa shape index (κ1) is 15.8. The van der Waals surface area contributed by atoms with E-state index in [1.807, 2.05) is 6.92 Å². The molecule has 3 N–H and O–H groups in total. The van der Waals surface area contributed by atoms with Gasteiger partial charge in [-0.3, -0.25) is 0 Å². The Morgan fingerprint density at radius 3 is 2.76 bits per heavy atom. The average Bonchev–Trinajstić information content (AvgIpc) is 2.43. The summed E-state index contributed by atoms with van der Waals surface area (Å²) in [5.41, 5.74) is 0.257. The van der Waals surface area contributed by atoms with Crippen LogP contribution in [-0.4, -0.2) is 46.3 Å². The number of aliphatic hydroxyl groups excluding tert-OH is 1. The van der Waals surface area contributed by atoms with Gasteiger partial charge in [0.05, 0.1) is 17.4 Å². The lowest BCUT2D eigenvalue weighted by molar-refractivity contribution is 0.0463. The minimum absolute atomic E-state index is 0.0173. The monoisotopic (exact) mass is 356 g/mol. The Labute approximate surface area is 130 Å². The van der Waals surface area contributed by atoms with Crippen LogP contribution in [0.15, 0.2) is 22.7 Å². The number of aromatic carboxylic acids is 1. The summed E-state index contributed by atoms with van der Waals surface area (Å²) in [5, 5.41) is 21.6. The second kappa shape index (κ2) is 6.44. The minimum atomic E-state index is -1.11. The maximum Gasteiger partial charge on any atom is 0.337 e. The Morgan fingerprint density at radius 2 is 2.14 bits per heavy atom. The summed E-state index contributed by atoms with van der Waals surface area (Å²) in [7, 11) is 0. The van der Waals surface area contributed by atoms with Gasteiger partial charge < -0.3 is 20.4 Å². The Kier molecular flexibility index (Phi) is 4.84. The van der Waals surface area contributed by atoms with Crippen molar-refractivity contribution in [1.82, 2.24) is 4.90 Å². The molecule has 1 aromatic rings. The number of carbonyl (C=O) groups excluding carboxylic acids is 1. The molecule has 1 aliphatic rings. The van der Waals surface area contributed by atoms with E-state index in [9.17, 15) is 14.7 Å². The highest BCUT2D eigenvalue weighted by molar-refractivity contribution is 9.10. The van der Waals surface area contributed by atoms with E-state index in [2.05, 4.69) is 21.2 Å². The summed E-state index contributed by atoms with van der Waals surface area (Å²) in [6.07, 6.45) is 0.175. The van der Waals surface area contributed by atoms with Gasteiger partial charge in [-0.15, -0.1) is 0 Å². The van der Waals surface area contributed by atoms with Gasteiger partial charge in [0, 0.05) is 17.6 Å². The van der Waals surface area contributed by atoms with E-state index in [0.717, 1.165) is 6.42 Å². The van der Waals surface area contributed by atoms with Gasteiger partial charge in [-0.2, -0.15) is 0 Å². The van der Waals surface area contributed by atoms with E-state index in [1.165, 1.54) is 17.0 Å². The number of carbonyl (C=O) groups is 2. The van der Waals surface area contributed by atoms with E-state index in [4.69, 9.17) is 5.11 Å².